The molecule has 0 aliphatic heterocycles. The molecule has 0 aliphatic rings. The van der Waals surface area contributed by atoms with Gasteiger partial charge in [-0.15, -0.1) is 5.10 Å². The third-order valence-electron chi connectivity index (χ3n) is 3.11. The van der Waals surface area contributed by atoms with E-state index in [1.807, 2.05) is 13.8 Å². The minimum Gasteiger partial charge on any atom is -0.394 e. The van der Waals surface area contributed by atoms with E-state index in [9.17, 15) is 9.90 Å². The predicted molar refractivity (Wildman–Crippen MR) is 82.0 cm³/mol. The molecule has 22 heavy (non-hydrogen) atoms. The zero-order valence-corrected chi connectivity index (χ0v) is 13.2. The molecule has 0 saturated carbocycles. The lowest BCUT2D eigenvalue weighted by Gasteiger charge is -2.19. The highest BCUT2D eigenvalue weighted by Crippen LogP contribution is 2.19. The average Bonchev–Trinajstić information content (AvgIpc) is 2.99. The molecule has 0 aliphatic carbocycles. The van der Waals surface area contributed by atoms with Crippen LogP contribution in [0.4, 0.5) is 0 Å². The Morgan fingerprint density at radius 3 is 2.82 bits per heavy atom. The topological polar surface area (TPSA) is 92.9 Å². The standard InChI is InChI=1S/C14H18ClN5O2/c1-9(2)5-11(7-21)17-14(22)12-6-10(15)3-4-13(12)20-8-16-18-19-20/h3-4,6,8-9,11,21H,5,7H2,1-2H3,(H,17,22). The number of nitrogens with zero attached hydrogens (tertiary/aromatic N) is 4. The summed E-state index contributed by atoms with van der Waals surface area (Å²) in [5, 5.41) is 23.6. The first-order valence-corrected chi connectivity index (χ1v) is 7.33. The molecule has 0 fully saturated rings. The van der Waals surface area contributed by atoms with Crippen LogP contribution in [0.2, 0.25) is 5.02 Å². The highest BCUT2D eigenvalue weighted by atomic mass is 35.5. The maximum atomic E-state index is 12.5. The summed E-state index contributed by atoms with van der Waals surface area (Å²) in [4.78, 5) is 12.5. The normalized spacial score (nSPS) is 12.4. The van der Waals surface area contributed by atoms with Crippen LogP contribution in [0.5, 0.6) is 0 Å². The molecule has 1 aromatic heterocycles. The molecular formula is C14H18ClN5O2. The highest BCUT2D eigenvalue weighted by Gasteiger charge is 2.18. The molecular weight excluding hydrogens is 306 g/mol. The lowest BCUT2D eigenvalue weighted by atomic mass is 10.0. The Bertz CT molecular complexity index is 630. The molecule has 118 valence electrons. The molecule has 0 saturated heterocycles. The molecule has 1 unspecified atom stereocenters. The van der Waals surface area contributed by atoms with Crippen LogP contribution < -0.4 is 5.32 Å². The van der Waals surface area contributed by atoms with Gasteiger partial charge in [0, 0.05) is 5.02 Å². The maximum absolute atomic E-state index is 12.5. The van der Waals surface area contributed by atoms with Crippen LogP contribution in [-0.4, -0.2) is 43.9 Å². The average molecular weight is 324 g/mol. The largest absolute Gasteiger partial charge is 0.394 e. The molecule has 2 aromatic rings. The number of tetrazole rings is 1. The summed E-state index contributed by atoms with van der Waals surface area (Å²) in [6.07, 6.45) is 2.08. The minimum absolute atomic E-state index is 0.120. The van der Waals surface area contributed by atoms with Gasteiger partial charge in [-0.1, -0.05) is 25.4 Å². The van der Waals surface area contributed by atoms with Gasteiger partial charge in [0.15, 0.2) is 0 Å². The monoisotopic (exact) mass is 323 g/mol. The zero-order chi connectivity index (χ0) is 16.1. The third kappa shape index (κ3) is 4.02. The Kier molecular flexibility index (Phi) is 5.46. The molecule has 8 heteroatoms. The maximum Gasteiger partial charge on any atom is 0.253 e. The van der Waals surface area contributed by atoms with Gasteiger partial charge in [-0.2, -0.15) is 4.68 Å². The second kappa shape index (κ2) is 7.33. The van der Waals surface area contributed by atoms with Crippen molar-refractivity contribution < 1.29 is 9.90 Å². The first kappa shape index (κ1) is 16.4. The summed E-state index contributed by atoms with van der Waals surface area (Å²) < 4.78 is 1.39. The van der Waals surface area contributed by atoms with E-state index >= 15 is 0 Å². The zero-order valence-electron chi connectivity index (χ0n) is 12.4. The van der Waals surface area contributed by atoms with E-state index in [0.717, 1.165) is 0 Å². The lowest BCUT2D eigenvalue weighted by molar-refractivity contribution is 0.0908. The van der Waals surface area contributed by atoms with Crippen molar-refractivity contribution in [3.8, 4) is 5.69 Å². The number of hydrogen-bond acceptors (Lipinski definition) is 5. The van der Waals surface area contributed by atoms with E-state index in [1.165, 1.54) is 11.0 Å². The molecule has 2 N–H and O–H groups in total. The van der Waals surface area contributed by atoms with Gasteiger partial charge in [0.2, 0.25) is 0 Å². The Balaban J connectivity index is 2.27. The van der Waals surface area contributed by atoms with Crippen LogP contribution in [0.3, 0.4) is 0 Å². The van der Waals surface area contributed by atoms with Crippen molar-refractivity contribution in [2.24, 2.45) is 5.92 Å². The number of aliphatic hydroxyl groups is 1. The van der Waals surface area contributed by atoms with E-state index in [1.54, 1.807) is 18.2 Å². The summed E-state index contributed by atoms with van der Waals surface area (Å²) in [6.45, 7) is 3.94. The Morgan fingerprint density at radius 2 is 2.23 bits per heavy atom. The number of halogens is 1. The predicted octanol–water partition coefficient (Wildman–Crippen LogP) is 1.45. The van der Waals surface area contributed by atoms with Crippen LogP contribution in [0.25, 0.3) is 5.69 Å². The number of carbonyl (C=O) groups excluding carboxylic acids is 1. The summed E-state index contributed by atoms with van der Waals surface area (Å²) in [5.41, 5.74) is 0.871. The fourth-order valence-electron chi connectivity index (χ4n) is 2.17. The summed E-state index contributed by atoms with van der Waals surface area (Å²) in [7, 11) is 0. The van der Waals surface area contributed by atoms with E-state index in [2.05, 4.69) is 20.8 Å². The molecule has 1 heterocycles. The van der Waals surface area contributed by atoms with Gasteiger partial charge in [0.1, 0.15) is 6.33 Å². The first-order chi connectivity index (χ1) is 10.5. The van der Waals surface area contributed by atoms with Crippen LogP contribution in [0, 0.1) is 5.92 Å². The number of carbonyl (C=O) groups is 1. The van der Waals surface area contributed by atoms with Crippen molar-refractivity contribution in [2.75, 3.05) is 6.61 Å². The van der Waals surface area contributed by atoms with Crippen molar-refractivity contribution in [2.45, 2.75) is 26.3 Å². The molecule has 0 spiro atoms. The highest BCUT2D eigenvalue weighted by molar-refractivity contribution is 6.31. The van der Waals surface area contributed by atoms with Gasteiger partial charge >= 0.3 is 0 Å². The third-order valence-corrected chi connectivity index (χ3v) is 3.35. The first-order valence-electron chi connectivity index (χ1n) is 6.96. The number of aromatic nitrogens is 4. The summed E-state index contributed by atoms with van der Waals surface area (Å²) in [5.74, 6) is 0.0310. The minimum atomic E-state index is -0.326. The van der Waals surface area contributed by atoms with E-state index < -0.39 is 0 Å². The van der Waals surface area contributed by atoms with Crippen molar-refractivity contribution in [3.63, 3.8) is 0 Å². The number of hydrogen-bond donors (Lipinski definition) is 2. The number of aliphatic hydroxyl groups excluding tert-OH is 1. The molecule has 7 nitrogen and oxygen atoms in total. The van der Waals surface area contributed by atoms with E-state index in [-0.39, 0.29) is 18.6 Å². The molecule has 1 aromatic carbocycles. The number of nitrogens with one attached hydrogen (secondary N) is 1. The van der Waals surface area contributed by atoms with Gasteiger partial charge in [-0.25, -0.2) is 0 Å². The van der Waals surface area contributed by atoms with E-state index in [0.29, 0.717) is 28.6 Å². The smallest absolute Gasteiger partial charge is 0.253 e. The fraction of sp³-hybridized carbons (Fsp3) is 0.429. The molecule has 0 bridgehead atoms. The van der Waals surface area contributed by atoms with Gasteiger partial charge in [-0.05, 0) is 41.0 Å². The number of benzene rings is 1. The van der Waals surface area contributed by atoms with Crippen molar-refractivity contribution in [1.82, 2.24) is 25.5 Å². The SMILES string of the molecule is CC(C)CC(CO)NC(=O)c1cc(Cl)ccc1-n1cnnn1. The lowest BCUT2D eigenvalue weighted by Crippen LogP contribution is -2.38. The van der Waals surface area contributed by atoms with Gasteiger partial charge in [0.25, 0.3) is 5.91 Å². The molecule has 1 amide bonds. The van der Waals surface area contributed by atoms with Crippen LogP contribution in [-0.2, 0) is 0 Å². The van der Waals surface area contributed by atoms with Gasteiger partial charge < -0.3 is 10.4 Å². The number of rotatable bonds is 6. The van der Waals surface area contributed by atoms with Crippen molar-refractivity contribution in [3.05, 3.63) is 35.1 Å². The molecule has 0 radical (unpaired) electrons. The number of amides is 1. The summed E-state index contributed by atoms with van der Waals surface area (Å²) >= 11 is 5.99. The Labute approximate surface area is 133 Å². The molecule has 2 rings (SSSR count). The van der Waals surface area contributed by atoms with Crippen LogP contribution in [0.1, 0.15) is 30.6 Å². The van der Waals surface area contributed by atoms with Crippen LogP contribution >= 0.6 is 11.6 Å². The Hall–Kier alpha value is -1.99. The molecule has 1 atom stereocenters. The Morgan fingerprint density at radius 1 is 1.45 bits per heavy atom. The van der Waals surface area contributed by atoms with Gasteiger partial charge in [-0.3, -0.25) is 4.79 Å². The summed E-state index contributed by atoms with van der Waals surface area (Å²) in [6, 6.07) is 4.57. The van der Waals surface area contributed by atoms with Gasteiger partial charge in [0.05, 0.1) is 23.9 Å². The van der Waals surface area contributed by atoms with Crippen molar-refractivity contribution >= 4 is 17.5 Å². The van der Waals surface area contributed by atoms with Crippen molar-refractivity contribution in [1.29, 1.82) is 0 Å². The van der Waals surface area contributed by atoms with E-state index in [4.69, 9.17) is 11.6 Å². The fourth-order valence-corrected chi connectivity index (χ4v) is 2.34. The quantitative estimate of drug-likeness (QED) is 0.839. The second-order valence-electron chi connectivity index (χ2n) is 5.40. The second-order valence-corrected chi connectivity index (χ2v) is 5.83. The van der Waals surface area contributed by atoms with Crippen LogP contribution in [0.15, 0.2) is 24.5 Å².